The molecule has 5 fully saturated rings. The molecule has 4 aromatic rings. The van der Waals surface area contributed by atoms with Crippen molar-refractivity contribution in [1.29, 1.82) is 0 Å². The molecule has 3 amide bonds. The number of allylic oxidation sites excluding steroid dienone is 1. The van der Waals surface area contributed by atoms with Gasteiger partial charge in [-0.1, -0.05) is 61.4 Å². The Morgan fingerprint density at radius 3 is 2.21 bits per heavy atom. The van der Waals surface area contributed by atoms with Crippen LogP contribution in [-0.2, 0) is 40.4 Å². The van der Waals surface area contributed by atoms with Crippen molar-refractivity contribution in [2.24, 2.45) is 11.8 Å². The number of hydrogen-bond acceptors (Lipinski definition) is 12. The number of ketones is 1. The lowest BCUT2D eigenvalue weighted by molar-refractivity contribution is -0.159. The van der Waals surface area contributed by atoms with Gasteiger partial charge >= 0.3 is 5.97 Å². The zero-order valence-corrected chi connectivity index (χ0v) is 42.9. The number of amides is 3. The van der Waals surface area contributed by atoms with Crippen LogP contribution in [0.2, 0.25) is 0 Å². The van der Waals surface area contributed by atoms with E-state index < -0.39 is 67.2 Å². The third-order valence-electron chi connectivity index (χ3n) is 15.9. The molecule has 1 saturated heterocycles. The molecule has 4 aliphatic carbocycles. The Labute approximate surface area is 421 Å². The lowest BCUT2D eigenvalue weighted by atomic mass is 9.86. The number of fused-ring (bicyclic) bond motifs is 6. The highest BCUT2D eigenvalue weighted by atomic mass is 32.2. The SMILES string of the molecule is CC(=O)c1c(O)c(C2CC2)nc2ccccc12.CC(C)(C)OC(=O)C[C@H]1CCCCC/C=C\C2CC2(C(=O)NS(=O)(=O)C2(C)CC2)NC(=O)C2C[C@]3(CCc4c(c(C5CC5)nc5ccccc45)O3)CN2C1=O. The van der Waals surface area contributed by atoms with Gasteiger partial charge in [0.1, 0.15) is 34.3 Å². The van der Waals surface area contributed by atoms with E-state index in [2.05, 4.69) is 21.1 Å². The van der Waals surface area contributed by atoms with E-state index in [1.165, 1.54) is 6.92 Å². The first-order valence-electron chi connectivity index (χ1n) is 26.0. The van der Waals surface area contributed by atoms with E-state index in [-0.39, 0.29) is 49.2 Å². The molecule has 2 aromatic heterocycles. The minimum Gasteiger partial charge on any atom is -0.505 e. The van der Waals surface area contributed by atoms with E-state index in [0.717, 1.165) is 83.8 Å². The second-order valence-corrected chi connectivity index (χ2v) is 25.0. The summed E-state index contributed by atoms with van der Waals surface area (Å²) >= 11 is 0. The van der Waals surface area contributed by atoms with E-state index in [0.29, 0.717) is 55.7 Å². The molecule has 5 heterocycles. The summed E-state index contributed by atoms with van der Waals surface area (Å²) in [4.78, 5) is 79.6. The second-order valence-electron chi connectivity index (χ2n) is 22.8. The van der Waals surface area contributed by atoms with Gasteiger partial charge in [0.15, 0.2) is 5.78 Å². The van der Waals surface area contributed by atoms with Gasteiger partial charge in [0.2, 0.25) is 21.8 Å². The summed E-state index contributed by atoms with van der Waals surface area (Å²) in [5.74, 6) is -1.87. The Bertz CT molecular complexity index is 3030. The van der Waals surface area contributed by atoms with E-state index in [1.807, 2.05) is 54.6 Å². The quantitative estimate of drug-likeness (QED) is 0.0861. The number of sulfonamides is 1. The van der Waals surface area contributed by atoms with Gasteiger partial charge in [0.05, 0.1) is 45.7 Å². The number of esters is 1. The Morgan fingerprint density at radius 1 is 0.889 bits per heavy atom. The number of Topliss-reactive ketones (excluding diaryl/α,β-unsaturated/α-hetero) is 1. The fourth-order valence-corrected chi connectivity index (χ4v) is 12.4. The van der Waals surface area contributed by atoms with E-state index in [4.69, 9.17) is 14.5 Å². The van der Waals surface area contributed by atoms with Crippen LogP contribution in [0.5, 0.6) is 11.5 Å². The highest BCUT2D eigenvalue weighted by Gasteiger charge is 2.64. The molecule has 72 heavy (non-hydrogen) atoms. The van der Waals surface area contributed by atoms with Crippen LogP contribution in [0.1, 0.15) is 170 Å². The fourth-order valence-electron chi connectivity index (χ4n) is 11.1. The van der Waals surface area contributed by atoms with Crippen molar-refractivity contribution in [1.82, 2.24) is 24.9 Å². The van der Waals surface area contributed by atoms with Crippen LogP contribution in [0.4, 0.5) is 0 Å². The van der Waals surface area contributed by atoms with Crippen molar-refractivity contribution in [3.63, 3.8) is 0 Å². The van der Waals surface area contributed by atoms with Crippen molar-refractivity contribution in [3.8, 4) is 11.5 Å². The smallest absolute Gasteiger partial charge is 0.307 e. The number of nitrogens with zero attached hydrogens (tertiary/aromatic N) is 3. The third kappa shape index (κ3) is 9.83. The number of benzene rings is 2. The fraction of sp³-hybridized carbons (Fsp3) is 0.554. The number of nitrogens with one attached hydrogen (secondary N) is 2. The number of aryl methyl sites for hydroxylation is 1. The molecule has 2 aromatic carbocycles. The maximum Gasteiger partial charge on any atom is 0.307 e. The van der Waals surface area contributed by atoms with Crippen molar-refractivity contribution in [2.75, 3.05) is 6.54 Å². The molecular weight excluding hydrogens is 935 g/mol. The molecule has 15 nitrogen and oxygen atoms in total. The number of carbonyl (C=O) groups is 5. The van der Waals surface area contributed by atoms with Crippen molar-refractivity contribution in [2.45, 2.75) is 177 Å². The summed E-state index contributed by atoms with van der Waals surface area (Å²) in [6.45, 7) is 8.60. The number of para-hydroxylation sites is 2. The highest BCUT2D eigenvalue weighted by Crippen LogP contribution is 2.52. The summed E-state index contributed by atoms with van der Waals surface area (Å²) < 4.78 is 40.5. The van der Waals surface area contributed by atoms with Crippen LogP contribution in [0.3, 0.4) is 0 Å². The number of carbonyl (C=O) groups excluding carboxylic acids is 5. The van der Waals surface area contributed by atoms with Crippen molar-refractivity contribution >= 4 is 61.3 Å². The molecule has 5 atom stereocenters. The van der Waals surface area contributed by atoms with Gasteiger partial charge in [-0.25, -0.2) is 18.4 Å². The monoisotopic (exact) mass is 1000 g/mol. The molecule has 0 radical (unpaired) electrons. The van der Waals surface area contributed by atoms with Crippen LogP contribution in [0, 0.1) is 11.8 Å². The molecule has 3 unspecified atom stereocenters. The summed E-state index contributed by atoms with van der Waals surface area (Å²) in [5.41, 5.74) is 1.71. The molecule has 3 N–H and O–H groups in total. The first kappa shape index (κ1) is 49.7. The minimum absolute atomic E-state index is 0.0821. The maximum atomic E-state index is 14.9. The molecular formula is C56H67N5O10S. The Hall–Kier alpha value is -5.90. The van der Waals surface area contributed by atoms with Crippen LogP contribution in [0.15, 0.2) is 60.7 Å². The molecule has 16 heteroatoms. The Balaban J connectivity index is 0.000000294. The van der Waals surface area contributed by atoms with Crippen LogP contribution < -0.4 is 14.8 Å². The van der Waals surface area contributed by atoms with Crippen molar-refractivity contribution in [3.05, 3.63) is 83.2 Å². The number of hydrogen-bond donors (Lipinski definition) is 3. The van der Waals surface area contributed by atoms with E-state index in [9.17, 15) is 37.5 Å². The lowest BCUT2D eigenvalue weighted by Crippen LogP contribution is -2.57. The van der Waals surface area contributed by atoms with Crippen LogP contribution >= 0.6 is 0 Å². The van der Waals surface area contributed by atoms with Gasteiger partial charge in [0, 0.05) is 46.4 Å². The summed E-state index contributed by atoms with van der Waals surface area (Å²) in [5, 5.41) is 15.0. The van der Waals surface area contributed by atoms with Gasteiger partial charge in [-0.15, -0.1) is 0 Å². The van der Waals surface area contributed by atoms with Crippen LogP contribution in [0.25, 0.3) is 21.8 Å². The zero-order chi connectivity index (χ0) is 51.0. The summed E-state index contributed by atoms with van der Waals surface area (Å²) in [6, 6.07) is 14.5. The predicted molar refractivity (Wildman–Crippen MR) is 271 cm³/mol. The molecule has 0 bridgehead atoms. The van der Waals surface area contributed by atoms with E-state index in [1.54, 1.807) is 32.6 Å². The van der Waals surface area contributed by atoms with E-state index >= 15 is 0 Å². The normalized spacial score (nSPS) is 27.3. The highest BCUT2D eigenvalue weighted by molar-refractivity contribution is 7.91. The first-order chi connectivity index (χ1) is 34.2. The van der Waals surface area contributed by atoms with Crippen LogP contribution in [-0.4, -0.2) is 91.9 Å². The van der Waals surface area contributed by atoms with Gasteiger partial charge in [0.25, 0.3) is 5.91 Å². The number of ether oxygens (including phenoxy) is 2. The number of aromatic nitrogens is 2. The summed E-state index contributed by atoms with van der Waals surface area (Å²) in [6.07, 6.45) is 14.0. The average Bonchev–Trinajstić information content (AvgIpc) is 4.10. The molecule has 4 saturated carbocycles. The average molecular weight is 1000 g/mol. The minimum atomic E-state index is -3.97. The molecule has 11 rings (SSSR count). The van der Waals surface area contributed by atoms with Gasteiger partial charge < -0.3 is 24.8 Å². The number of aromatic hydroxyl groups is 1. The number of pyridine rings is 2. The number of rotatable bonds is 8. The molecule has 3 aliphatic heterocycles. The molecule has 382 valence electrons. The topological polar surface area (TPSA) is 211 Å². The summed E-state index contributed by atoms with van der Waals surface area (Å²) in [7, 11) is -3.97. The standard InChI is InChI=1S/C42H54N4O8S.C14H13NO2/c1-39(2,3)53-33(47)22-27-12-8-6-5-7-9-13-28-23-42(28,38(50)45-55(51,52)40(4)20-21-40)44-36(48)32-24-41(25-46(32)37(27)49)19-18-30-29-14-10-11-15-31(29)43-34(26-16-17-26)35(30)54-41;1-8(16)12-10-4-2-3-5-11(10)15-13(14(12)17)9-6-7-9/h9-11,13-15,26-28,32H,5-8,12,16-25H2,1-4H3,(H,44,48)(H,45,50);2-5,9,17H,6-7H2,1H3/b13-9-;/t27-,28?,32?,41-,42?;/m1./s1. The molecule has 1 spiro atoms. The predicted octanol–water partition coefficient (Wildman–Crippen LogP) is 8.54. The zero-order valence-electron chi connectivity index (χ0n) is 42.1. The van der Waals surface area contributed by atoms with Gasteiger partial charge in [-0.3, -0.25) is 28.7 Å². The Kier molecular flexibility index (Phi) is 12.8. The Morgan fingerprint density at radius 2 is 1.54 bits per heavy atom. The first-order valence-corrected chi connectivity index (χ1v) is 27.5. The molecule has 7 aliphatic rings. The second kappa shape index (κ2) is 18.5. The van der Waals surface area contributed by atoms with Gasteiger partial charge in [-0.05, 0) is 124 Å². The van der Waals surface area contributed by atoms with Crippen molar-refractivity contribution < 1.29 is 47.0 Å². The lowest BCUT2D eigenvalue weighted by Gasteiger charge is -2.37. The largest absolute Gasteiger partial charge is 0.505 e. The van der Waals surface area contributed by atoms with Gasteiger partial charge in [-0.2, -0.15) is 0 Å². The third-order valence-corrected chi connectivity index (χ3v) is 18.0. The maximum absolute atomic E-state index is 14.9.